The molecule has 0 radical (unpaired) electrons. The van der Waals surface area contributed by atoms with Crippen LogP contribution in [0, 0.1) is 6.92 Å². The van der Waals surface area contributed by atoms with Crippen LogP contribution < -0.4 is 20.1 Å². The maximum atomic E-state index is 12.9. The van der Waals surface area contributed by atoms with Crippen LogP contribution in [0.4, 0.5) is 5.13 Å². The van der Waals surface area contributed by atoms with E-state index in [2.05, 4.69) is 31.9 Å². The number of aromatic nitrogens is 2. The molecular weight excluding hydrogens is 506 g/mol. The van der Waals surface area contributed by atoms with Gasteiger partial charge in [-0.3, -0.25) is 14.9 Å². The number of ether oxygens (including phenoxy) is 3. The first-order valence-corrected chi connectivity index (χ1v) is 13.3. The molecule has 3 aromatic rings. The first kappa shape index (κ1) is 27.5. The Bertz CT molecular complexity index is 1240. The van der Waals surface area contributed by atoms with Crippen molar-refractivity contribution >= 4 is 28.5 Å². The number of benzene rings is 2. The number of nitrogens with one attached hydrogen (secondary N) is 2. The molecule has 1 aromatic heterocycles. The van der Waals surface area contributed by atoms with Crippen molar-refractivity contribution in [3.05, 3.63) is 59.4 Å². The second-order valence-electron chi connectivity index (χ2n) is 9.16. The van der Waals surface area contributed by atoms with Crippen molar-refractivity contribution < 1.29 is 23.8 Å². The van der Waals surface area contributed by atoms with Gasteiger partial charge in [0.1, 0.15) is 23.1 Å². The number of nitrogens with zero attached hydrogens (tertiary/aromatic N) is 3. The molecule has 1 aliphatic rings. The lowest BCUT2D eigenvalue weighted by Gasteiger charge is -2.29. The number of carbonyl (C=O) groups excluding carboxylic acids is 2. The molecule has 0 spiro atoms. The Hall–Kier alpha value is -3.54. The van der Waals surface area contributed by atoms with Crippen molar-refractivity contribution in [3.63, 3.8) is 0 Å². The molecule has 10 nitrogen and oxygen atoms in total. The smallest absolute Gasteiger partial charge is 0.257 e. The van der Waals surface area contributed by atoms with Gasteiger partial charge in [0.25, 0.3) is 11.8 Å². The van der Waals surface area contributed by atoms with Gasteiger partial charge in [-0.05, 0) is 76.3 Å². The quantitative estimate of drug-likeness (QED) is 0.363. The highest BCUT2D eigenvalue weighted by Gasteiger charge is 2.19. The van der Waals surface area contributed by atoms with Crippen LogP contribution in [0.3, 0.4) is 0 Å². The maximum Gasteiger partial charge on any atom is 0.257 e. The van der Waals surface area contributed by atoms with E-state index in [4.69, 9.17) is 14.2 Å². The Labute approximate surface area is 226 Å². The zero-order valence-electron chi connectivity index (χ0n) is 22.0. The van der Waals surface area contributed by atoms with Crippen LogP contribution in [0.2, 0.25) is 0 Å². The minimum Gasteiger partial charge on any atom is -0.465 e. The molecule has 202 valence electrons. The van der Waals surface area contributed by atoms with Crippen LogP contribution in [0.5, 0.6) is 17.2 Å². The van der Waals surface area contributed by atoms with Gasteiger partial charge in [0.15, 0.2) is 6.29 Å². The molecule has 38 heavy (non-hydrogen) atoms. The Morgan fingerprint density at radius 1 is 1.05 bits per heavy atom. The highest BCUT2D eigenvalue weighted by molar-refractivity contribution is 7.09. The first-order chi connectivity index (χ1) is 18.3. The molecule has 2 amide bonds. The van der Waals surface area contributed by atoms with Gasteiger partial charge in [-0.25, -0.2) is 4.98 Å². The minimum absolute atomic E-state index is 0.0995. The van der Waals surface area contributed by atoms with E-state index >= 15 is 0 Å². The normalized spacial score (nSPS) is 15.1. The van der Waals surface area contributed by atoms with Crippen molar-refractivity contribution in [2.75, 3.05) is 32.6 Å². The molecule has 1 fully saturated rings. The summed E-state index contributed by atoms with van der Waals surface area (Å²) in [7, 11) is 3.65. The lowest BCUT2D eigenvalue weighted by molar-refractivity contribution is -0.0549. The van der Waals surface area contributed by atoms with Crippen LogP contribution >= 0.6 is 11.5 Å². The summed E-state index contributed by atoms with van der Waals surface area (Å²) in [6, 6.07) is 12.0. The average molecular weight is 540 g/mol. The van der Waals surface area contributed by atoms with E-state index in [1.54, 1.807) is 56.5 Å². The molecular formula is C27H33N5O5S. The summed E-state index contributed by atoms with van der Waals surface area (Å²) in [4.78, 5) is 32.1. The lowest BCUT2D eigenvalue weighted by atomic mass is 10.0. The van der Waals surface area contributed by atoms with Crippen LogP contribution in [0.1, 0.15) is 52.7 Å². The summed E-state index contributed by atoms with van der Waals surface area (Å²) >= 11 is 1.11. The predicted molar refractivity (Wildman–Crippen MR) is 145 cm³/mol. The van der Waals surface area contributed by atoms with Crippen molar-refractivity contribution in [2.45, 2.75) is 45.4 Å². The van der Waals surface area contributed by atoms with E-state index in [1.165, 1.54) is 0 Å². The van der Waals surface area contributed by atoms with Crippen LogP contribution in [-0.2, 0) is 4.74 Å². The largest absolute Gasteiger partial charge is 0.465 e. The van der Waals surface area contributed by atoms with Gasteiger partial charge in [0, 0.05) is 48.3 Å². The molecule has 2 N–H and O–H groups in total. The van der Waals surface area contributed by atoms with Gasteiger partial charge >= 0.3 is 0 Å². The summed E-state index contributed by atoms with van der Waals surface area (Å²) in [5, 5.41) is 6.27. The summed E-state index contributed by atoms with van der Waals surface area (Å²) in [5.41, 5.74) is 0.886. The lowest BCUT2D eigenvalue weighted by Crippen LogP contribution is -2.43. The van der Waals surface area contributed by atoms with E-state index in [0.29, 0.717) is 45.8 Å². The molecule has 11 heteroatoms. The Morgan fingerprint density at radius 3 is 2.39 bits per heavy atom. The van der Waals surface area contributed by atoms with E-state index in [9.17, 15) is 9.59 Å². The topological polar surface area (TPSA) is 115 Å². The van der Waals surface area contributed by atoms with Gasteiger partial charge in [-0.15, -0.1) is 0 Å². The van der Waals surface area contributed by atoms with Gasteiger partial charge in [-0.1, -0.05) is 6.92 Å². The van der Waals surface area contributed by atoms with Gasteiger partial charge in [-0.2, -0.15) is 4.37 Å². The Morgan fingerprint density at radius 2 is 1.76 bits per heavy atom. The second-order valence-corrected chi connectivity index (χ2v) is 9.91. The summed E-state index contributed by atoms with van der Waals surface area (Å²) in [5.74, 6) is 1.45. The zero-order chi connectivity index (χ0) is 27.1. The number of anilines is 1. The van der Waals surface area contributed by atoms with Crippen molar-refractivity contribution in [1.82, 2.24) is 19.6 Å². The minimum atomic E-state index is -0.477. The van der Waals surface area contributed by atoms with Crippen molar-refractivity contribution in [3.8, 4) is 17.2 Å². The standard InChI is InChI=1S/C27H33N5O5S/c1-5-24(35-4)37-23-15-19(26(34)30-27-28-17(2)31-38-27)14-22(16-23)36-21-8-6-18(7-9-21)25(33)29-20-10-12-32(3)13-11-20/h6-9,14-16,20,24H,5,10-13H2,1-4H3,(H,29,33)(H,28,30,31,34). The monoisotopic (exact) mass is 539 g/mol. The molecule has 1 unspecified atom stereocenters. The molecule has 0 aliphatic carbocycles. The van der Waals surface area contributed by atoms with Crippen LogP contribution in [-0.4, -0.2) is 65.7 Å². The number of hydrogen-bond donors (Lipinski definition) is 2. The summed E-state index contributed by atoms with van der Waals surface area (Å²) in [6.45, 7) is 5.64. The third-order valence-electron chi connectivity index (χ3n) is 6.16. The molecule has 1 atom stereocenters. The molecule has 2 aromatic carbocycles. The number of aryl methyl sites for hydroxylation is 1. The van der Waals surface area contributed by atoms with Crippen molar-refractivity contribution in [2.24, 2.45) is 0 Å². The number of rotatable bonds is 10. The average Bonchev–Trinajstić information content (AvgIpc) is 3.33. The highest BCUT2D eigenvalue weighted by Crippen LogP contribution is 2.29. The fraction of sp³-hybridized carbons (Fsp3) is 0.407. The number of carbonyl (C=O) groups is 2. The molecule has 1 saturated heterocycles. The zero-order valence-corrected chi connectivity index (χ0v) is 22.8. The van der Waals surface area contributed by atoms with Crippen LogP contribution in [0.25, 0.3) is 0 Å². The van der Waals surface area contributed by atoms with E-state index in [0.717, 1.165) is 37.5 Å². The first-order valence-electron chi connectivity index (χ1n) is 12.6. The SMILES string of the molecule is CCC(OC)Oc1cc(Oc2ccc(C(=O)NC3CCN(C)CC3)cc2)cc(C(=O)Nc2nc(C)ns2)c1. The number of amides is 2. The number of piperidine rings is 1. The fourth-order valence-corrected chi connectivity index (χ4v) is 4.60. The molecule has 2 heterocycles. The third-order valence-corrected chi connectivity index (χ3v) is 6.88. The second kappa shape index (κ2) is 12.8. The Balaban J connectivity index is 1.48. The molecule has 4 rings (SSSR count). The van der Waals surface area contributed by atoms with Gasteiger partial charge in [0.05, 0.1) is 0 Å². The number of likely N-dealkylation sites (tertiary alicyclic amines) is 1. The van der Waals surface area contributed by atoms with E-state index < -0.39 is 6.29 Å². The molecule has 0 saturated carbocycles. The Kier molecular flexibility index (Phi) is 9.27. The number of hydrogen-bond acceptors (Lipinski definition) is 9. The van der Waals surface area contributed by atoms with Gasteiger partial charge in [0.2, 0.25) is 5.13 Å². The molecule has 0 bridgehead atoms. The number of methoxy groups -OCH3 is 1. The van der Waals surface area contributed by atoms with E-state index in [-0.39, 0.29) is 17.9 Å². The fourth-order valence-electron chi connectivity index (χ4n) is 4.03. The molecule has 1 aliphatic heterocycles. The highest BCUT2D eigenvalue weighted by atomic mass is 32.1. The maximum absolute atomic E-state index is 12.9. The van der Waals surface area contributed by atoms with E-state index in [1.807, 2.05) is 6.92 Å². The predicted octanol–water partition coefficient (Wildman–Crippen LogP) is 4.48. The summed E-state index contributed by atoms with van der Waals surface area (Å²) < 4.78 is 21.4. The summed E-state index contributed by atoms with van der Waals surface area (Å²) in [6.07, 6.45) is 2.03. The van der Waals surface area contributed by atoms with Crippen LogP contribution in [0.15, 0.2) is 42.5 Å². The van der Waals surface area contributed by atoms with Crippen molar-refractivity contribution in [1.29, 1.82) is 0 Å². The van der Waals surface area contributed by atoms with Gasteiger partial charge < -0.3 is 24.4 Å². The third kappa shape index (κ3) is 7.50.